The second kappa shape index (κ2) is 10.5. The number of aldehydes is 1. The monoisotopic (exact) mass is 486 g/mol. The summed E-state index contributed by atoms with van der Waals surface area (Å²) in [4.78, 5) is 20.1. The van der Waals surface area contributed by atoms with E-state index in [1.54, 1.807) is 4.90 Å². The van der Waals surface area contributed by atoms with Crippen molar-refractivity contribution in [1.29, 1.82) is 0 Å². The van der Waals surface area contributed by atoms with E-state index in [0.29, 0.717) is 32.5 Å². The van der Waals surface area contributed by atoms with Gasteiger partial charge >= 0.3 is 6.18 Å². The van der Waals surface area contributed by atoms with Crippen LogP contribution in [0.1, 0.15) is 23.5 Å². The molecule has 0 N–H and O–H groups in total. The average molecular weight is 486 g/mol. The molecule has 1 aliphatic heterocycles. The zero-order valence-corrected chi connectivity index (χ0v) is 19.2. The highest BCUT2D eigenvalue weighted by atomic mass is 19.4. The molecule has 34 heavy (non-hydrogen) atoms. The molecule has 0 amide bonds. The minimum absolute atomic E-state index is 0.00574. The second-order valence-corrected chi connectivity index (χ2v) is 8.30. The van der Waals surface area contributed by atoms with E-state index in [0.717, 1.165) is 12.1 Å². The van der Waals surface area contributed by atoms with E-state index >= 15 is 0 Å². The normalized spacial score (nSPS) is 15.8. The van der Waals surface area contributed by atoms with Gasteiger partial charge in [-0.2, -0.15) is 13.2 Å². The van der Waals surface area contributed by atoms with Gasteiger partial charge in [0.2, 0.25) is 0 Å². The van der Waals surface area contributed by atoms with Crippen LogP contribution < -0.4 is 14.5 Å². The Balaban J connectivity index is 1.99. The molecule has 0 saturated carbocycles. The van der Waals surface area contributed by atoms with Gasteiger partial charge in [-0.05, 0) is 13.1 Å². The molecule has 2 aromatic rings. The van der Waals surface area contributed by atoms with Crippen molar-refractivity contribution in [2.75, 3.05) is 63.7 Å². The van der Waals surface area contributed by atoms with Crippen molar-refractivity contribution in [3.05, 3.63) is 47.2 Å². The maximum absolute atomic E-state index is 14.7. The summed E-state index contributed by atoms with van der Waals surface area (Å²) in [6, 6.07) is 3.28. The van der Waals surface area contributed by atoms with E-state index in [1.807, 2.05) is 11.9 Å². The minimum atomic E-state index is -4.71. The third-order valence-corrected chi connectivity index (χ3v) is 5.97. The lowest BCUT2D eigenvalue weighted by Gasteiger charge is -2.36. The van der Waals surface area contributed by atoms with Crippen LogP contribution in [-0.2, 0) is 11.0 Å². The Hall–Kier alpha value is -2.95. The van der Waals surface area contributed by atoms with E-state index < -0.39 is 29.3 Å². The molecular weight excluding hydrogens is 459 g/mol. The molecule has 186 valence electrons. The fraction of sp³-hybridized carbons (Fsp3) is 0.478. The Morgan fingerprint density at radius 2 is 1.79 bits per heavy atom. The van der Waals surface area contributed by atoms with Crippen LogP contribution in [0, 0.1) is 11.6 Å². The van der Waals surface area contributed by atoms with Crippen LogP contribution >= 0.6 is 0 Å². The number of alkyl halides is 3. The maximum atomic E-state index is 14.7. The molecule has 1 aromatic carbocycles. The number of methoxy groups -OCH3 is 1. The van der Waals surface area contributed by atoms with E-state index in [1.165, 1.54) is 31.3 Å². The highest BCUT2D eigenvalue weighted by Gasteiger charge is 2.40. The highest BCUT2D eigenvalue weighted by Crippen LogP contribution is 2.42. The zero-order chi connectivity index (χ0) is 25.0. The minimum Gasteiger partial charge on any atom is -0.497 e. The summed E-state index contributed by atoms with van der Waals surface area (Å²) < 4.78 is 76.9. The summed E-state index contributed by atoms with van der Waals surface area (Å²) >= 11 is 0. The lowest BCUT2D eigenvalue weighted by molar-refractivity contribution is -0.136. The Morgan fingerprint density at radius 3 is 2.32 bits per heavy atom. The number of piperazine rings is 1. The first-order valence-electron chi connectivity index (χ1n) is 10.7. The number of hydrogen-bond acceptors (Lipinski definition) is 6. The second-order valence-electron chi connectivity index (χ2n) is 8.30. The zero-order valence-electron chi connectivity index (χ0n) is 19.2. The molecule has 1 atom stereocenters. The number of ether oxygens (including phenoxy) is 1. The van der Waals surface area contributed by atoms with Gasteiger partial charge in [0.1, 0.15) is 35.1 Å². The number of carbonyl (C=O) groups excluding carboxylic acids is 1. The van der Waals surface area contributed by atoms with Gasteiger partial charge in [-0.1, -0.05) is 0 Å². The van der Waals surface area contributed by atoms with Gasteiger partial charge in [0, 0.05) is 76.0 Å². The van der Waals surface area contributed by atoms with Gasteiger partial charge in [-0.15, -0.1) is 0 Å². The van der Waals surface area contributed by atoms with E-state index in [-0.39, 0.29) is 35.8 Å². The fourth-order valence-electron chi connectivity index (χ4n) is 4.20. The van der Waals surface area contributed by atoms with Crippen LogP contribution in [0.3, 0.4) is 0 Å². The standard InChI is InChI=1S/C23H27F5N4O2/c1-30-7-9-32(10-8-30)19-4-6-29-22(21(19)23(26,27)28)31(2)14-15(5-11-33)20-17(24)12-16(34-3)13-18(20)25/h4,6,11-13,15H,5,7-10,14H2,1-3H3. The van der Waals surface area contributed by atoms with Crippen LogP contribution in [0.5, 0.6) is 5.75 Å². The summed E-state index contributed by atoms with van der Waals surface area (Å²) in [6.45, 7) is 1.80. The van der Waals surface area contributed by atoms with E-state index in [4.69, 9.17) is 4.74 Å². The van der Waals surface area contributed by atoms with Crippen molar-refractivity contribution >= 4 is 17.8 Å². The average Bonchev–Trinajstić information content (AvgIpc) is 2.78. The molecule has 1 saturated heterocycles. The third kappa shape index (κ3) is 5.57. The smallest absolute Gasteiger partial charge is 0.421 e. The largest absolute Gasteiger partial charge is 0.497 e. The molecule has 1 aliphatic rings. The molecule has 1 aromatic heterocycles. The van der Waals surface area contributed by atoms with Crippen molar-refractivity contribution in [2.45, 2.75) is 18.5 Å². The number of carbonyl (C=O) groups is 1. The molecule has 11 heteroatoms. The molecule has 3 rings (SSSR count). The van der Waals surface area contributed by atoms with Crippen molar-refractivity contribution in [3.63, 3.8) is 0 Å². The molecule has 6 nitrogen and oxygen atoms in total. The number of rotatable bonds is 8. The van der Waals surface area contributed by atoms with Gasteiger partial charge in [0.25, 0.3) is 0 Å². The van der Waals surface area contributed by atoms with Crippen molar-refractivity contribution < 1.29 is 31.5 Å². The Kier molecular flexibility index (Phi) is 7.96. The van der Waals surface area contributed by atoms with Crippen molar-refractivity contribution in [3.8, 4) is 5.75 Å². The fourth-order valence-corrected chi connectivity index (χ4v) is 4.20. The van der Waals surface area contributed by atoms with Gasteiger partial charge in [-0.25, -0.2) is 13.8 Å². The van der Waals surface area contributed by atoms with E-state index in [2.05, 4.69) is 4.98 Å². The molecule has 0 bridgehead atoms. The quantitative estimate of drug-likeness (QED) is 0.416. The van der Waals surface area contributed by atoms with Gasteiger partial charge in [0.15, 0.2) is 0 Å². The Labute approximate surface area is 194 Å². The lowest BCUT2D eigenvalue weighted by Crippen LogP contribution is -2.45. The van der Waals surface area contributed by atoms with Crippen molar-refractivity contribution in [1.82, 2.24) is 9.88 Å². The topological polar surface area (TPSA) is 48.9 Å². The Bertz CT molecular complexity index is 986. The first kappa shape index (κ1) is 25.7. The van der Waals surface area contributed by atoms with E-state index in [9.17, 15) is 26.7 Å². The van der Waals surface area contributed by atoms with Crippen LogP contribution in [0.4, 0.5) is 33.5 Å². The number of anilines is 2. The van der Waals surface area contributed by atoms with Crippen LogP contribution in [0.25, 0.3) is 0 Å². The first-order chi connectivity index (χ1) is 16.1. The van der Waals surface area contributed by atoms with Crippen LogP contribution in [-0.4, -0.2) is 70.1 Å². The third-order valence-electron chi connectivity index (χ3n) is 5.97. The molecule has 0 radical (unpaired) electrons. The summed E-state index contributed by atoms with van der Waals surface area (Å²) in [5.41, 5.74) is -1.29. The number of likely N-dealkylation sites (N-methyl/N-ethyl adjacent to an activating group) is 2. The van der Waals surface area contributed by atoms with Gasteiger partial charge in [-0.3, -0.25) is 0 Å². The molecule has 0 aliphatic carbocycles. The number of hydrogen-bond donors (Lipinski definition) is 0. The summed E-state index contributed by atoms with van der Waals surface area (Å²) in [5, 5.41) is 0. The lowest BCUT2D eigenvalue weighted by atomic mass is 9.94. The van der Waals surface area contributed by atoms with Crippen LogP contribution in [0.15, 0.2) is 24.4 Å². The summed E-state index contributed by atoms with van der Waals surface area (Å²) in [6.07, 6.45) is -3.23. The maximum Gasteiger partial charge on any atom is 0.421 e. The molecule has 2 heterocycles. The molecule has 1 unspecified atom stereocenters. The Morgan fingerprint density at radius 1 is 1.18 bits per heavy atom. The van der Waals surface area contributed by atoms with Crippen LogP contribution in [0.2, 0.25) is 0 Å². The number of halogens is 5. The van der Waals surface area contributed by atoms with Crippen molar-refractivity contribution in [2.24, 2.45) is 0 Å². The highest BCUT2D eigenvalue weighted by molar-refractivity contribution is 5.66. The predicted octanol–water partition coefficient (Wildman–Crippen LogP) is 3.95. The van der Waals surface area contributed by atoms with Gasteiger partial charge < -0.3 is 24.2 Å². The summed E-state index contributed by atoms with van der Waals surface area (Å²) in [5.74, 6) is -3.32. The van der Waals surface area contributed by atoms with Gasteiger partial charge in [0.05, 0.1) is 12.8 Å². The predicted molar refractivity (Wildman–Crippen MR) is 119 cm³/mol. The number of aromatic nitrogens is 1. The number of nitrogens with zero attached hydrogens (tertiary/aromatic N) is 4. The number of pyridine rings is 1. The molecule has 1 fully saturated rings. The number of benzene rings is 1. The molecular formula is C23H27F5N4O2. The SMILES string of the molecule is COc1cc(F)c(C(CC=O)CN(C)c2nccc(N3CCN(C)CC3)c2C(F)(F)F)c(F)c1. The molecule has 0 spiro atoms. The first-order valence-corrected chi connectivity index (χ1v) is 10.7. The summed E-state index contributed by atoms with van der Waals surface area (Å²) in [7, 11) is 4.52.